The van der Waals surface area contributed by atoms with Crippen LogP contribution in [-0.2, 0) is 14.3 Å². The molecule has 2 aromatic rings. The van der Waals surface area contributed by atoms with Crippen LogP contribution in [0.2, 0.25) is 4.34 Å². The first-order valence-corrected chi connectivity index (χ1v) is 12.2. The summed E-state index contributed by atoms with van der Waals surface area (Å²) in [6.45, 7) is 3.35. The second-order valence-corrected chi connectivity index (χ2v) is 9.78. The van der Waals surface area contributed by atoms with Crippen molar-refractivity contribution < 1.29 is 23.9 Å². The molecule has 0 bridgehead atoms. The summed E-state index contributed by atoms with van der Waals surface area (Å²) in [7, 11) is 0. The van der Waals surface area contributed by atoms with Crippen LogP contribution in [0.3, 0.4) is 0 Å². The molecule has 3 heterocycles. The maximum absolute atomic E-state index is 13.0. The summed E-state index contributed by atoms with van der Waals surface area (Å²) in [4.78, 5) is 53.7. The lowest BCUT2D eigenvalue weighted by atomic mass is 10.1. The molecule has 0 aliphatic carbocycles. The van der Waals surface area contributed by atoms with Crippen molar-refractivity contribution in [2.75, 3.05) is 37.7 Å². The molecule has 4 amide bonds. The van der Waals surface area contributed by atoms with E-state index in [2.05, 4.69) is 10.6 Å². The van der Waals surface area contributed by atoms with Crippen LogP contribution >= 0.6 is 22.9 Å². The van der Waals surface area contributed by atoms with Gasteiger partial charge in [0, 0.05) is 37.3 Å². The average Bonchev–Trinajstić information content (AvgIpc) is 3.45. The van der Waals surface area contributed by atoms with Gasteiger partial charge in [-0.05, 0) is 36.4 Å². The summed E-state index contributed by atoms with van der Waals surface area (Å²) in [5.41, 5.74) is 1.12. The summed E-state index contributed by atoms with van der Waals surface area (Å²) in [6.07, 6.45) is 0.337. The molecule has 11 heteroatoms. The van der Waals surface area contributed by atoms with Crippen LogP contribution in [-0.4, -0.2) is 73.5 Å². The molecule has 34 heavy (non-hydrogen) atoms. The van der Waals surface area contributed by atoms with Gasteiger partial charge in [-0.1, -0.05) is 18.5 Å². The summed E-state index contributed by atoms with van der Waals surface area (Å²) in [5, 5.41) is 5.88. The summed E-state index contributed by atoms with van der Waals surface area (Å²) < 4.78 is 5.66. The number of halogens is 1. The Bertz CT molecular complexity index is 1090. The molecule has 0 radical (unpaired) electrons. The lowest BCUT2D eigenvalue weighted by Crippen LogP contribution is -2.50. The van der Waals surface area contributed by atoms with Crippen molar-refractivity contribution in [3.05, 3.63) is 51.2 Å². The minimum atomic E-state index is -0.456. The zero-order valence-corrected chi connectivity index (χ0v) is 20.2. The van der Waals surface area contributed by atoms with Crippen LogP contribution in [0.15, 0.2) is 36.4 Å². The molecule has 0 spiro atoms. The first kappa shape index (κ1) is 24.2. The van der Waals surface area contributed by atoms with Crippen molar-refractivity contribution in [2.24, 2.45) is 0 Å². The zero-order chi connectivity index (χ0) is 24.2. The number of benzene rings is 1. The van der Waals surface area contributed by atoms with Gasteiger partial charge < -0.3 is 25.2 Å². The van der Waals surface area contributed by atoms with Gasteiger partial charge in [-0.2, -0.15) is 0 Å². The van der Waals surface area contributed by atoms with E-state index >= 15 is 0 Å². The van der Waals surface area contributed by atoms with E-state index in [1.807, 2.05) is 0 Å². The number of morpholine rings is 1. The zero-order valence-electron chi connectivity index (χ0n) is 18.6. The summed E-state index contributed by atoms with van der Waals surface area (Å²) in [5.74, 6) is -0.795. The Hall–Kier alpha value is -2.95. The fourth-order valence-electron chi connectivity index (χ4n) is 4.03. The van der Waals surface area contributed by atoms with Gasteiger partial charge >= 0.3 is 0 Å². The number of thiophene rings is 1. The number of nitrogens with one attached hydrogen (secondary N) is 2. The number of likely N-dealkylation sites (tertiary alicyclic amines) is 1. The van der Waals surface area contributed by atoms with Crippen molar-refractivity contribution >= 4 is 52.3 Å². The molecule has 2 atom stereocenters. The fraction of sp³-hybridized carbons (Fsp3) is 0.391. The molecule has 2 aliphatic rings. The van der Waals surface area contributed by atoms with Gasteiger partial charge in [0.1, 0.15) is 6.61 Å². The molecular weight excluding hydrogens is 480 g/mol. The van der Waals surface area contributed by atoms with Gasteiger partial charge in [-0.25, -0.2) is 0 Å². The predicted molar refractivity (Wildman–Crippen MR) is 128 cm³/mol. The lowest BCUT2D eigenvalue weighted by Gasteiger charge is -2.27. The van der Waals surface area contributed by atoms with Gasteiger partial charge in [-0.15, -0.1) is 11.3 Å². The number of anilines is 1. The van der Waals surface area contributed by atoms with Crippen LogP contribution in [0.25, 0.3) is 0 Å². The Balaban J connectivity index is 1.44. The highest BCUT2D eigenvalue weighted by Crippen LogP contribution is 2.22. The van der Waals surface area contributed by atoms with E-state index in [1.165, 1.54) is 11.3 Å². The van der Waals surface area contributed by atoms with Crippen LogP contribution < -0.4 is 15.5 Å². The van der Waals surface area contributed by atoms with Crippen LogP contribution in [0, 0.1) is 0 Å². The van der Waals surface area contributed by atoms with Gasteiger partial charge in [-0.3, -0.25) is 19.2 Å². The molecule has 2 aliphatic heterocycles. The van der Waals surface area contributed by atoms with Crippen molar-refractivity contribution in [3.63, 3.8) is 0 Å². The molecule has 9 nitrogen and oxygen atoms in total. The van der Waals surface area contributed by atoms with Gasteiger partial charge in [0.05, 0.1) is 27.9 Å². The smallest absolute Gasteiger partial charge is 0.261 e. The maximum Gasteiger partial charge on any atom is 0.261 e. The third-order valence-corrected chi connectivity index (χ3v) is 7.06. The predicted octanol–water partition coefficient (Wildman–Crippen LogP) is 1.91. The molecular formula is C23H25ClN4O5S. The number of ether oxygens (including phenoxy) is 1. The Morgan fingerprint density at radius 3 is 2.32 bits per heavy atom. The van der Waals surface area contributed by atoms with Crippen LogP contribution in [0.1, 0.15) is 33.4 Å². The Morgan fingerprint density at radius 2 is 1.74 bits per heavy atom. The van der Waals surface area contributed by atoms with Gasteiger partial charge in [0.15, 0.2) is 0 Å². The number of carbonyl (C=O) groups is 4. The number of hydrogen-bond acceptors (Lipinski definition) is 6. The molecule has 2 saturated heterocycles. The second kappa shape index (κ2) is 10.5. The molecule has 4 rings (SSSR count). The third-order valence-electron chi connectivity index (χ3n) is 5.83. The summed E-state index contributed by atoms with van der Waals surface area (Å²) in [6, 6.07) is 9.13. The molecule has 1 aromatic heterocycles. The van der Waals surface area contributed by atoms with Crippen molar-refractivity contribution in [1.82, 2.24) is 15.5 Å². The molecule has 0 unspecified atom stereocenters. The van der Waals surface area contributed by atoms with Crippen LogP contribution in [0.5, 0.6) is 0 Å². The van der Waals surface area contributed by atoms with Crippen molar-refractivity contribution in [2.45, 2.75) is 25.4 Å². The van der Waals surface area contributed by atoms with Gasteiger partial charge in [0.25, 0.3) is 17.7 Å². The van der Waals surface area contributed by atoms with E-state index in [9.17, 15) is 19.2 Å². The number of nitrogens with zero attached hydrogens (tertiary/aromatic N) is 2. The third kappa shape index (κ3) is 5.40. The number of rotatable bonds is 6. The highest BCUT2D eigenvalue weighted by Gasteiger charge is 2.37. The van der Waals surface area contributed by atoms with E-state index in [0.717, 1.165) is 0 Å². The average molecular weight is 505 g/mol. The highest BCUT2D eigenvalue weighted by atomic mass is 35.5. The topological polar surface area (TPSA) is 108 Å². The first-order chi connectivity index (χ1) is 16.4. The van der Waals surface area contributed by atoms with Crippen molar-refractivity contribution in [3.8, 4) is 0 Å². The molecule has 1 aromatic carbocycles. The number of hydrogen-bond donors (Lipinski definition) is 2. The molecule has 0 saturated carbocycles. The highest BCUT2D eigenvalue weighted by molar-refractivity contribution is 7.18. The van der Waals surface area contributed by atoms with E-state index in [-0.39, 0.29) is 30.2 Å². The van der Waals surface area contributed by atoms with E-state index in [0.29, 0.717) is 53.1 Å². The normalized spacial score (nSPS) is 20.4. The number of carbonyl (C=O) groups excluding carboxylic acids is 4. The van der Waals surface area contributed by atoms with Crippen molar-refractivity contribution in [1.29, 1.82) is 0 Å². The van der Waals surface area contributed by atoms with E-state index < -0.39 is 12.1 Å². The number of amides is 4. The second-order valence-electron chi connectivity index (χ2n) is 8.06. The first-order valence-electron chi connectivity index (χ1n) is 11.0. The molecule has 2 fully saturated rings. The summed E-state index contributed by atoms with van der Waals surface area (Å²) >= 11 is 7.11. The lowest BCUT2D eigenvalue weighted by molar-refractivity contribution is -0.130. The maximum atomic E-state index is 13.0. The monoisotopic (exact) mass is 504 g/mol. The van der Waals surface area contributed by atoms with Crippen LogP contribution in [0.4, 0.5) is 5.69 Å². The molecule has 180 valence electrons. The minimum Gasteiger partial charge on any atom is -0.370 e. The Kier molecular flexibility index (Phi) is 7.50. The van der Waals surface area contributed by atoms with Gasteiger partial charge in [0.2, 0.25) is 5.91 Å². The SMILES string of the molecule is CCC(=O)N1C[C@H](NC(=O)c2ccc(N3CCOCC3=O)cc2)[C@H](NC(=O)c2ccc(Cl)s2)C1. The van der Waals surface area contributed by atoms with E-state index in [1.54, 1.807) is 53.1 Å². The molecule has 2 N–H and O–H groups in total. The Labute approximate surface area is 206 Å². The minimum absolute atomic E-state index is 0.0433. The van der Waals surface area contributed by atoms with E-state index in [4.69, 9.17) is 16.3 Å². The Morgan fingerprint density at radius 1 is 1.06 bits per heavy atom. The fourth-order valence-corrected chi connectivity index (χ4v) is 4.98. The standard InChI is InChI=1S/C23H25ClN4O5S/c1-2-20(29)27-11-16(17(12-27)26-23(32)18-7-8-19(24)34-18)25-22(31)14-3-5-15(6-4-14)28-9-10-33-13-21(28)30/h3-8,16-17H,2,9-13H2,1H3,(H,25,31)(H,26,32)/t16-,17+/m0/s1. The largest absolute Gasteiger partial charge is 0.370 e. The quantitative estimate of drug-likeness (QED) is 0.625.